The fourth-order valence-corrected chi connectivity index (χ4v) is 4.16. The molecule has 2 rings (SSSR count). The van der Waals surface area contributed by atoms with E-state index in [1.165, 1.54) is 4.90 Å². The third-order valence-electron chi connectivity index (χ3n) is 3.69. The first-order valence-corrected chi connectivity index (χ1v) is 8.76. The molecular weight excluding hydrogens is 300 g/mol. The Bertz CT molecular complexity index is 500. The number of nitrogens with zero attached hydrogens (tertiary/aromatic N) is 1. The SMILES string of the molecule is O=C(O)CC1CS(=O)(=O)CCN1C(=O)NC1CCCOC1. The fourth-order valence-electron chi connectivity index (χ4n) is 2.64. The van der Waals surface area contributed by atoms with Crippen molar-refractivity contribution in [2.75, 3.05) is 31.3 Å². The Morgan fingerprint density at radius 3 is 2.76 bits per heavy atom. The number of carbonyl (C=O) groups is 2. The van der Waals surface area contributed by atoms with Gasteiger partial charge >= 0.3 is 12.0 Å². The molecular formula is C12H20N2O6S. The van der Waals surface area contributed by atoms with Crippen LogP contribution in [-0.4, -0.2) is 73.8 Å². The highest BCUT2D eigenvalue weighted by Gasteiger charge is 2.36. The topological polar surface area (TPSA) is 113 Å². The average Bonchev–Trinajstić information content (AvgIpc) is 2.38. The number of hydrogen-bond donors (Lipinski definition) is 2. The second kappa shape index (κ2) is 6.61. The van der Waals surface area contributed by atoms with Crippen molar-refractivity contribution in [2.45, 2.75) is 31.3 Å². The van der Waals surface area contributed by atoms with Gasteiger partial charge in [-0.3, -0.25) is 4.79 Å². The van der Waals surface area contributed by atoms with Gasteiger partial charge in [-0.05, 0) is 12.8 Å². The summed E-state index contributed by atoms with van der Waals surface area (Å²) in [6.45, 7) is 1.14. The predicted molar refractivity (Wildman–Crippen MR) is 73.8 cm³/mol. The maximum absolute atomic E-state index is 12.2. The van der Waals surface area contributed by atoms with Crippen LogP contribution in [-0.2, 0) is 19.4 Å². The van der Waals surface area contributed by atoms with Gasteiger partial charge in [-0.1, -0.05) is 0 Å². The van der Waals surface area contributed by atoms with Crippen molar-refractivity contribution in [1.29, 1.82) is 0 Å². The standard InChI is InChI=1S/C12H20N2O6S/c15-11(16)6-10-8-21(18,19)5-3-14(10)12(17)13-9-2-1-4-20-7-9/h9-10H,1-8H2,(H,13,17)(H,15,16). The summed E-state index contributed by atoms with van der Waals surface area (Å²) in [5.41, 5.74) is 0. The van der Waals surface area contributed by atoms with E-state index in [2.05, 4.69) is 5.32 Å². The number of carbonyl (C=O) groups excluding carboxylic acids is 1. The van der Waals surface area contributed by atoms with Gasteiger partial charge in [-0.25, -0.2) is 13.2 Å². The molecule has 2 saturated heterocycles. The molecule has 0 bridgehead atoms. The van der Waals surface area contributed by atoms with Crippen LogP contribution >= 0.6 is 0 Å². The zero-order chi connectivity index (χ0) is 15.5. The van der Waals surface area contributed by atoms with Crippen LogP contribution in [0.2, 0.25) is 0 Å². The molecule has 2 fully saturated rings. The Hall–Kier alpha value is -1.35. The van der Waals surface area contributed by atoms with Gasteiger partial charge in [-0.2, -0.15) is 0 Å². The molecule has 2 aliphatic heterocycles. The van der Waals surface area contributed by atoms with Crippen molar-refractivity contribution in [3.63, 3.8) is 0 Å². The Kier molecular flexibility index (Phi) is 5.04. The van der Waals surface area contributed by atoms with Crippen LogP contribution in [0.25, 0.3) is 0 Å². The second-order valence-corrected chi connectivity index (χ2v) is 7.65. The van der Waals surface area contributed by atoms with Crippen LogP contribution in [0.5, 0.6) is 0 Å². The molecule has 2 unspecified atom stereocenters. The maximum atomic E-state index is 12.2. The number of carboxylic acid groups (broad SMARTS) is 1. The monoisotopic (exact) mass is 320 g/mol. The largest absolute Gasteiger partial charge is 0.481 e. The van der Waals surface area contributed by atoms with Gasteiger partial charge in [0.1, 0.15) is 0 Å². The van der Waals surface area contributed by atoms with Crippen molar-refractivity contribution in [3.8, 4) is 0 Å². The van der Waals surface area contributed by atoms with E-state index in [0.717, 1.165) is 12.8 Å². The molecule has 120 valence electrons. The number of nitrogens with one attached hydrogen (secondary N) is 1. The smallest absolute Gasteiger partial charge is 0.318 e. The van der Waals surface area contributed by atoms with Gasteiger partial charge in [-0.15, -0.1) is 0 Å². The molecule has 9 heteroatoms. The third kappa shape index (κ3) is 4.57. The van der Waals surface area contributed by atoms with Crippen LogP contribution in [0.4, 0.5) is 4.79 Å². The minimum absolute atomic E-state index is 0.0275. The molecule has 0 aromatic rings. The molecule has 2 N–H and O–H groups in total. The average molecular weight is 320 g/mol. The molecule has 2 amide bonds. The minimum atomic E-state index is -3.29. The summed E-state index contributed by atoms with van der Waals surface area (Å²) in [5, 5.41) is 11.7. The summed E-state index contributed by atoms with van der Waals surface area (Å²) >= 11 is 0. The molecule has 0 aliphatic carbocycles. The van der Waals surface area contributed by atoms with E-state index < -0.39 is 27.9 Å². The Morgan fingerprint density at radius 2 is 2.14 bits per heavy atom. The lowest BCUT2D eigenvalue weighted by molar-refractivity contribution is -0.138. The van der Waals surface area contributed by atoms with E-state index >= 15 is 0 Å². The first kappa shape index (κ1) is 16.0. The van der Waals surface area contributed by atoms with E-state index in [-0.39, 0.29) is 30.5 Å². The lowest BCUT2D eigenvalue weighted by Gasteiger charge is -2.36. The molecule has 0 aromatic carbocycles. The highest BCUT2D eigenvalue weighted by molar-refractivity contribution is 7.91. The lowest BCUT2D eigenvalue weighted by atomic mass is 10.1. The molecule has 2 atom stereocenters. The van der Waals surface area contributed by atoms with Crippen molar-refractivity contribution < 1.29 is 27.9 Å². The number of urea groups is 1. The normalized spacial score (nSPS) is 28.9. The van der Waals surface area contributed by atoms with Crippen molar-refractivity contribution >= 4 is 21.8 Å². The van der Waals surface area contributed by atoms with Crippen LogP contribution < -0.4 is 5.32 Å². The van der Waals surface area contributed by atoms with Crippen LogP contribution in [0.1, 0.15) is 19.3 Å². The molecule has 8 nitrogen and oxygen atoms in total. The summed E-state index contributed by atoms with van der Waals surface area (Å²) in [4.78, 5) is 24.4. The third-order valence-corrected chi connectivity index (χ3v) is 5.39. The van der Waals surface area contributed by atoms with Crippen molar-refractivity contribution in [2.24, 2.45) is 0 Å². The first-order chi connectivity index (χ1) is 9.87. The molecule has 21 heavy (non-hydrogen) atoms. The van der Waals surface area contributed by atoms with Gasteiger partial charge < -0.3 is 20.1 Å². The minimum Gasteiger partial charge on any atom is -0.481 e. The molecule has 2 aliphatic rings. The number of aliphatic carboxylic acids is 1. The molecule has 0 aromatic heterocycles. The zero-order valence-corrected chi connectivity index (χ0v) is 12.5. The van der Waals surface area contributed by atoms with Gasteiger partial charge in [0.05, 0.1) is 36.6 Å². The Labute approximate surface area is 123 Å². The van der Waals surface area contributed by atoms with Crippen LogP contribution in [0.3, 0.4) is 0 Å². The predicted octanol–water partition coefficient (Wildman–Crippen LogP) is -0.551. The summed E-state index contributed by atoms with van der Waals surface area (Å²) in [7, 11) is -3.29. The lowest BCUT2D eigenvalue weighted by Crippen LogP contribution is -2.57. The molecule has 0 saturated carbocycles. The Morgan fingerprint density at radius 1 is 1.38 bits per heavy atom. The van der Waals surface area contributed by atoms with Gasteiger partial charge in [0.15, 0.2) is 9.84 Å². The molecule has 0 radical (unpaired) electrons. The first-order valence-electron chi connectivity index (χ1n) is 6.94. The second-order valence-electron chi connectivity index (χ2n) is 5.42. The van der Waals surface area contributed by atoms with Gasteiger partial charge in [0, 0.05) is 13.2 Å². The number of ether oxygens (including phenoxy) is 1. The number of sulfone groups is 1. The van der Waals surface area contributed by atoms with Crippen LogP contribution in [0.15, 0.2) is 0 Å². The highest BCUT2D eigenvalue weighted by atomic mass is 32.2. The van der Waals surface area contributed by atoms with E-state index in [0.29, 0.717) is 13.2 Å². The summed E-state index contributed by atoms with van der Waals surface area (Å²) < 4.78 is 28.5. The van der Waals surface area contributed by atoms with E-state index in [1.807, 2.05) is 0 Å². The van der Waals surface area contributed by atoms with E-state index in [4.69, 9.17) is 9.84 Å². The molecule has 0 spiro atoms. The summed E-state index contributed by atoms with van der Waals surface area (Å²) in [5.74, 6) is -1.54. The quantitative estimate of drug-likeness (QED) is 0.721. The Balaban J connectivity index is 2.00. The van der Waals surface area contributed by atoms with Crippen molar-refractivity contribution in [3.05, 3.63) is 0 Å². The van der Waals surface area contributed by atoms with E-state index in [9.17, 15) is 18.0 Å². The fraction of sp³-hybridized carbons (Fsp3) is 0.833. The number of amides is 2. The van der Waals surface area contributed by atoms with Crippen molar-refractivity contribution in [1.82, 2.24) is 10.2 Å². The summed E-state index contributed by atoms with van der Waals surface area (Å²) in [6, 6.07) is -1.33. The molecule has 2 heterocycles. The zero-order valence-electron chi connectivity index (χ0n) is 11.7. The number of hydrogen-bond acceptors (Lipinski definition) is 5. The van der Waals surface area contributed by atoms with Crippen LogP contribution in [0, 0.1) is 0 Å². The maximum Gasteiger partial charge on any atom is 0.318 e. The summed E-state index contributed by atoms with van der Waals surface area (Å²) in [6.07, 6.45) is 1.30. The number of rotatable bonds is 3. The highest BCUT2D eigenvalue weighted by Crippen LogP contribution is 2.16. The van der Waals surface area contributed by atoms with Gasteiger partial charge in [0.25, 0.3) is 0 Å². The van der Waals surface area contributed by atoms with E-state index in [1.54, 1.807) is 0 Å². The van der Waals surface area contributed by atoms with Gasteiger partial charge in [0.2, 0.25) is 0 Å². The number of carboxylic acids is 1.